The van der Waals surface area contributed by atoms with Gasteiger partial charge in [-0.2, -0.15) is 0 Å². The molecule has 14 rings (SSSR count). The number of nitrogens with zero attached hydrogens (tertiary/aromatic N) is 4. The SMILES string of the molecule is Cc1ccc2c(c1)N(C1=CC3=C(CC1)c1ccc(/C=C/c4ccc(C/C=C\C(=C5\C=CC=CC5)N5c6ccccc6N(c6ccccc6)c6ccccc65)cc4)cc1C31CCCC1)C1=C(C=CCC1)N2C1C=CC=CC1. The van der Waals surface area contributed by atoms with Crippen LogP contribution >= 0.6 is 0 Å². The molecule has 76 heavy (non-hydrogen) atoms. The normalized spacial score (nSPS) is 20.4. The van der Waals surface area contributed by atoms with E-state index in [4.69, 9.17) is 0 Å². The lowest BCUT2D eigenvalue weighted by Gasteiger charge is -2.46. The number of allylic oxidation sites excluding steroid dienone is 16. The minimum Gasteiger partial charge on any atom is -0.331 e. The molecule has 4 heteroatoms. The molecular weight excluding hydrogens is 921 g/mol. The number of para-hydroxylation sites is 5. The molecule has 1 atom stereocenters. The Morgan fingerprint density at radius 2 is 1.38 bits per heavy atom. The molecular formula is C72H64N4. The second-order valence-electron chi connectivity index (χ2n) is 21.8. The van der Waals surface area contributed by atoms with E-state index in [1.807, 2.05) is 0 Å². The zero-order valence-electron chi connectivity index (χ0n) is 43.6. The summed E-state index contributed by atoms with van der Waals surface area (Å²) in [6, 6.07) is 52.4. The third-order valence-corrected chi connectivity index (χ3v) is 17.3. The van der Waals surface area contributed by atoms with Gasteiger partial charge in [-0.05, 0) is 182 Å². The quantitative estimate of drug-likeness (QED) is 0.134. The number of rotatable bonds is 9. The molecule has 2 heterocycles. The van der Waals surface area contributed by atoms with E-state index in [-0.39, 0.29) is 5.41 Å². The minimum atomic E-state index is 0.0819. The molecule has 1 fully saturated rings. The first-order valence-corrected chi connectivity index (χ1v) is 28.0. The van der Waals surface area contributed by atoms with E-state index in [2.05, 4.69) is 257 Å². The first-order valence-electron chi connectivity index (χ1n) is 28.0. The van der Waals surface area contributed by atoms with Crippen molar-refractivity contribution in [2.24, 2.45) is 0 Å². The Labute approximate surface area is 449 Å². The van der Waals surface area contributed by atoms with Crippen LogP contribution in [0.2, 0.25) is 0 Å². The van der Waals surface area contributed by atoms with Crippen LogP contribution in [-0.4, -0.2) is 6.04 Å². The Kier molecular flexibility index (Phi) is 11.8. The molecule has 6 aromatic rings. The highest BCUT2D eigenvalue weighted by molar-refractivity contribution is 6.00. The van der Waals surface area contributed by atoms with Gasteiger partial charge in [0.05, 0.1) is 45.9 Å². The molecule has 6 aromatic carbocycles. The molecule has 2 aliphatic heterocycles. The van der Waals surface area contributed by atoms with Crippen molar-refractivity contribution in [3.63, 3.8) is 0 Å². The van der Waals surface area contributed by atoms with E-state index in [0.717, 1.165) is 50.6 Å². The van der Waals surface area contributed by atoms with Crippen molar-refractivity contribution in [3.8, 4) is 0 Å². The van der Waals surface area contributed by atoms with Gasteiger partial charge in [-0.1, -0.05) is 177 Å². The highest BCUT2D eigenvalue weighted by atomic mass is 15.3. The summed E-state index contributed by atoms with van der Waals surface area (Å²) >= 11 is 0. The maximum Gasteiger partial charge on any atom is 0.0703 e. The number of aryl methyl sites for hydroxylation is 1. The third-order valence-electron chi connectivity index (χ3n) is 17.3. The van der Waals surface area contributed by atoms with Gasteiger partial charge in [-0.3, -0.25) is 0 Å². The van der Waals surface area contributed by atoms with Crippen molar-refractivity contribution in [1.29, 1.82) is 0 Å². The van der Waals surface area contributed by atoms with Crippen molar-refractivity contribution in [1.82, 2.24) is 0 Å². The second kappa shape index (κ2) is 19.4. The fourth-order valence-electron chi connectivity index (χ4n) is 13.8. The summed E-state index contributed by atoms with van der Waals surface area (Å²) in [6.45, 7) is 2.25. The molecule has 0 radical (unpaired) electrons. The lowest BCUT2D eigenvalue weighted by atomic mass is 9.74. The smallest absolute Gasteiger partial charge is 0.0703 e. The Balaban J connectivity index is 0.722. The van der Waals surface area contributed by atoms with E-state index in [1.165, 1.54) is 116 Å². The minimum absolute atomic E-state index is 0.0819. The van der Waals surface area contributed by atoms with Gasteiger partial charge in [0.2, 0.25) is 0 Å². The van der Waals surface area contributed by atoms with Gasteiger partial charge in [0.15, 0.2) is 0 Å². The van der Waals surface area contributed by atoms with Crippen molar-refractivity contribution >= 4 is 57.5 Å². The molecule has 1 saturated carbocycles. The standard InChI is InChI=1S/C72H64N4/c1-51-34-45-70-71(48-51)75(65-28-12-11-27-64(65)74(70)57-25-9-4-10-26-57)58-42-44-60-59-43-41-54(49-61(59)72(62(60)50-58)46-17-18-47-72)40-39-53-37-35-52(36-38-53)20-19-33-63(55-21-5-2-6-22-55)76-68-31-15-13-29-66(68)73(56-23-7-3-8-24-56)67-30-14-16-32-69(67)76/h2-11,13-16,19,21,23-25,27,29-41,43,45,48-50,57H,12,17-18,20,22,26,28,42,44,46-47H2,1H3/b33-19-,40-39+,63-55+. The zero-order chi connectivity index (χ0) is 50.6. The predicted octanol–water partition coefficient (Wildman–Crippen LogP) is 18.7. The largest absolute Gasteiger partial charge is 0.331 e. The van der Waals surface area contributed by atoms with Crippen LogP contribution in [0.25, 0.3) is 17.7 Å². The van der Waals surface area contributed by atoms with Gasteiger partial charge < -0.3 is 19.6 Å². The van der Waals surface area contributed by atoms with Gasteiger partial charge in [0.1, 0.15) is 0 Å². The van der Waals surface area contributed by atoms with Gasteiger partial charge in [-0.15, -0.1) is 0 Å². The van der Waals surface area contributed by atoms with E-state index in [1.54, 1.807) is 16.7 Å². The van der Waals surface area contributed by atoms with E-state index >= 15 is 0 Å². The fourth-order valence-corrected chi connectivity index (χ4v) is 13.8. The maximum absolute atomic E-state index is 2.71. The molecule has 0 amide bonds. The summed E-state index contributed by atoms with van der Waals surface area (Å²) in [5.41, 5.74) is 26.7. The van der Waals surface area contributed by atoms with Gasteiger partial charge in [0.25, 0.3) is 0 Å². The summed E-state index contributed by atoms with van der Waals surface area (Å²) in [4.78, 5) is 10.2. The molecule has 1 unspecified atom stereocenters. The summed E-state index contributed by atoms with van der Waals surface area (Å²) in [5.74, 6) is 0. The van der Waals surface area contributed by atoms with Crippen molar-refractivity contribution in [2.75, 3.05) is 19.6 Å². The first-order chi connectivity index (χ1) is 37.6. The van der Waals surface area contributed by atoms with Crippen molar-refractivity contribution in [3.05, 3.63) is 286 Å². The molecule has 0 aromatic heterocycles. The molecule has 8 aliphatic rings. The molecule has 0 bridgehead atoms. The number of hydrogen-bond acceptors (Lipinski definition) is 4. The molecule has 0 N–H and O–H groups in total. The van der Waals surface area contributed by atoms with Gasteiger partial charge >= 0.3 is 0 Å². The lowest BCUT2D eigenvalue weighted by Crippen LogP contribution is -2.42. The fraction of sp³-hybridized carbons (Fsp3) is 0.194. The summed E-state index contributed by atoms with van der Waals surface area (Å²) in [7, 11) is 0. The second-order valence-corrected chi connectivity index (χ2v) is 21.8. The average Bonchev–Trinajstić information content (AvgIpc) is 4.25. The Bertz CT molecular complexity index is 3600. The van der Waals surface area contributed by atoms with E-state index in [9.17, 15) is 0 Å². The van der Waals surface area contributed by atoms with Crippen LogP contribution in [0, 0.1) is 6.92 Å². The Morgan fingerprint density at radius 3 is 2.14 bits per heavy atom. The van der Waals surface area contributed by atoms with Crippen LogP contribution in [0.4, 0.5) is 39.8 Å². The highest BCUT2D eigenvalue weighted by Gasteiger charge is 2.48. The van der Waals surface area contributed by atoms with Crippen molar-refractivity contribution < 1.29 is 0 Å². The number of hydrogen-bond donors (Lipinski definition) is 0. The van der Waals surface area contributed by atoms with E-state index < -0.39 is 0 Å². The van der Waals surface area contributed by atoms with Crippen LogP contribution in [0.15, 0.2) is 252 Å². The first kappa shape index (κ1) is 46.2. The maximum atomic E-state index is 2.71. The Morgan fingerprint density at radius 1 is 0.632 bits per heavy atom. The predicted molar refractivity (Wildman–Crippen MR) is 320 cm³/mol. The van der Waals surface area contributed by atoms with Crippen LogP contribution in [0.3, 0.4) is 0 Å². The monoisotopic (exact) mass is 985 g/mol. The van der Waals surface area contributed by atoms with Crippen LogP contribution in [0.5, 0.6) is 0 Å². The highest BCUT2D eigenvalue weighted by Crippen LogP contribution is 2.60. The lowest BCUT2D eigenvalue weighted by molar-refractivity contribution is 0.541. The average molecular weight is 985 g/mol. The topological polar surface area (TPSA) is 13.0 Å². The van der Waals surface area contributed by atoms with Crippen LogP contribution in [0.1, 0.15) is 97.6 Å². The Hall–Kier alpha value is -8.34. The summed E-state index contributed by atoms with van der Waals surface area (Å²) < 4.78 is 0. The number of fused-ring (bicyclic) bond motifs is 7. The van der Waals surface area contributed by atoms with Crippen molar-refractivity contribution in [2.45, 2.75) is 89.0 Å². The molecule has 1 spiro atoms. The number of anilines is 7. The molecule has 0 saturated heterocycles. The van der Waals surface area contributed by atoms with Gasteiger partial charge in [0, 0.05) is 28.2 Å². The van der Waals surface area contributed by atoms with Crippen LogP contribution < -0.4 is 19.6 Å². The summed E-state index contributed by atoms with van der Waals surface area (Å²) in [6.07, 6.45) is 46.9. The zero-order valence-corrected chi connectivity index (χ0v) is 43.6. The van der Waals surface area contributed by atoms with Crippen LogP contribution in [-0.2, 0) is 11.8 Å². The molecule has 6 aliphatic carbocycles. The third kappa shape index (κ3) is 7.96. The molecule has 372 valence electrons. The summed E-state index contributed by atoms with van der Waals surface area (Å²) in [5, 5.41) is 0. The number of benzene rings is 6. The van der Waals surface area contributed by atoms with Gasteiger partial charge in [-0.25, -0.2) is 0 Å². The van der Waals surface area contributed by atoms with E-state index in [0.29, 0.717) is 6.04 Å². The molecule has 4 nitrogen and oxygen atoms in total.